The maximum Gasteiger partial charge on any atom is 0.573 e. The lowest BCUT2D eigenvalue weighted by Crippen LogP contribution is -2.53. The van der Waals surface area contributed by atoms with Crippen LogP contribution < -0.4 is 9.47 Å². The normalized spacial score (nSPS) is 15.5. The molecule has 0 spiro atoms. The van der Waals surface area contributed by atoms with E-state index in [-0.39, 0.29) is 44.4 Å². The van der Waals surface area contributed by atoms with Gasteiger partial charge in [0.05, 0.1) is 6.61 Å². The van der Waals surface area contributed by atoms with E-state index in [4.69, 9.17) is 4.74 Å². The summed E-state index contributed by atoms with van der Waals surface area (Å²) in [6.45, 7) is 3.46. The summed E-state index contributed by atoms with van der Waals surface area (Å²) in [5.74, 6) is -2.68. The van der Waals surface area contributed by atoms with Crippen molar-refractivity contribution in [1.29, 1.82) is 0 Å². The molecule has 1 saturated heterocycles. The van der Waals surface area contributed by atoms with Crippen LogP contribution in [0.3, 0.4) is 0 Å². The van der Waals surface area contributed by atoms with Gasteiger partial charge < -0.3 is 14.4 Å². The van der Waals surface area contributed by atoms with Crippen LogP contribution in [0.5, 0.6) is 11.5 Å². The van der Waals surface area contributed by atoms with E-state index in [0.29, 0.717) is 18.9 Å². The number of para-hydroxylation sites is 1. The van der Waals surface area contributed by atoms with E-state index < -0.39 is 44.1 Å². The topological polar surface area (TPSA) is 76.2 Å². The third kappa shape index (κ3) is 7.31. The number of hydrogen-bond donors (Lipinski definition) is 0. The number of nitrogens with zero attached hydrogens (tertiary/aromatic N) is 2. The van der Waals surface area contributed by atoms with E-state index in [1.807, 2.05) is 0 Å². The van der Waals surface area contributed by atoms with Crippen molar-refractivity contribution in [2.24, 2.45) is 5.41 Å². The van der Waals surface area contributed by atoms with Gasteiger partial charge in [0.15, 0.2) is 11.6 Å². The predicted molar refractivity (Wildman–Crippen MR) is 123 cm³/mol. The van der Waals surface area contributed by atoms with Gasteiger partial charge in [-0.25, -0.2) is 17.2 Å². The van der Waals surface area contributed by atoms with Crippen molar-refractivity contribution in [2.45, 2.75) is 37.9 Å². The molecule has 0 N–H and O–H groups in total. The molecule has 13 heteroatoms. The smallest absolute Gasteiger partial charge is 0.491 e. The highest BCUT2D eigenvalue weighted by molar-refractivity contribution is 7.89. The molecule has 204 valence electrons. The lowest BCUT2D eigenvalue weighted by Gasteiger charge is -2.38. The second kappa shape index (κ2) is 11.2. The van der Waals surface area contributed by atoms with Gasteiger partial charge in [-0.15, -0.1) is 13.2 Å². The van der Waals surface area contributed by atoms with Gasteiger partial charge in [-0.2, -0.15) is 4.31 Å². The molecule has 0 unspecified atom stereocenters. The quantitative estimate of drug-likeness (QED) is 0.338. The van der Waals surface area contributed by atoms with Crippen molar-refractivity contribution >= 4 is 15.9 Å². The molecule has 0 atom stereocenters. The molecule has 0 aliphatic carbocycles. The zero-order chi connectivity index (χ0) is 27.4. The van der Waals surface area contributed by atoms with Crippen LogP contribution in [-0.4, -0.2) is 62.7 Å². The Balaban J connectivity index is 1.55. The Morgan fingerprint density at radius 1 is 0.973 bits per heavy atom. The van der Waals surface area contributed by atoms with Gasteiger partial charge >= 0.3 is 6.36 Å². The molecule has 1 aliphatic rings. The van der Waals surface area contributed by atoms with Gasteiger partial charge in [0, 0.05) is 37.7 Å². The Morgan fingerprint density at radius 3 is 2.24 bits per heavy atom. The van der Waals surface area contributed by atoms with Crippen LogP contribution in [-0.2, 0) is 14.8 Å². The zero-order valence-electron chi connectivity index (χ0n) is 20.2. The third-order valence-electron chi connectivity index (χ3n) is 5.90. The van der Waals surface area contributed by atoms with Crippen LogP contribution in [0.4, 0.5) is 22.0 Å². The summed E-state index contributed by atoms with van der Waals surface area (Å²) >= 11 is 0. The predicted octanol–water partition coefficient (Wildman–Crippen LogP) is 4.58. The van der Waals surface area contributed by atoms with Crippen molar-refractivity contribution < 1.29 is 44.6 Å². The minimum atomic E-state index is -5.06. The number of rotatable bonds is 9. The average molecular weight is 551 g/mol. The fourth-order valence-corrected chi connectivity index (χ4v) is 5.50. The highest BCUT2D eigenvalue weighted by Crippen LogP contribution is 2.32. The molecule has 0 aromatic heterocycles. The molecular weight excluding hydrogens is 523 g/mol. The van der Waals surface area contributed by atoms with Gasteiger partial charge in [-0.3, -0.25) is 4.79 Å². The summed E-state index contributed by atoms with van der Waals surface area (Å²) in [6.07, 6.45) is -4.27. The average Bonchev–Trinajstić information content (AvgIpc) is 2.81. The van der Waals surface area contributed by atoms with E-state index >= 15 is 0 Å². The Hall–Kier alpha value is -2.93. The molecule has 0 bridgehead atoms. The lowest BCUT2D eigenvalue weighted by molar-refractivity contribution is -0.275. The van der Waals surface area contributed by atoms with Crippen LogP contribution >= 0.6 is 0 Å². The summed E-state index contributed by atoms with van der Waals surface area (Å²) in [5, 5.41) is 0. The monoisotopic (exact) mass is 550 g/mol. The van der Waals surface area contributed by atoms with Crippen molar-refractivity contribution in [3.8, 4) is 11.5 Å². The number of sulfonamides is 1. The molecule has 1 amide bonds. The zero-order valence-corrected chi connectivity index (χ0v) is 21.0. The van der Waals surface area contributed by atoms with E-state index in [0.717, 1.165) is 22.5 Å². The van der Waals surface area contributed by atoms with E-state index in [9.17, 15) is 35.2 Å². The number of carbonyl (C=O) groups is 1. The number of halogens is 5. The fourth-order valence-electron chi connectivity index (χ4n) is 3.97. The van der Waals surface area contributed by atoms with Crippen LogP contribution in [0.1, 0.15) is 26.7 Å². The van der Waals surface area contributed by atoms with E-state index in [1.54, 1.807) is 13.8 Å². The Labute approximate surface area is 211 Å². The Morgan fingerprint density at radius 2 is 1.62 bits per heavy atom. The van der Waals surface area contributed by atoms with E-state index in [2.05, 4.69) is 4.74 Å². The minimum Gasteiger partial charge on any atom is -0.491 e. The van der Waals surface area contributed by atoms with E-state index in [1.165, 1.54) is 23.1 Å². The maximum absolute atomic E-state index is 13.7. The molecule has 37 heavy (non-hydrogen) atoms. The summed E-state index contributed by atoms with van der Waals surface area (Å²) in [7, 11) is -4.30. The molecule has 0 saturated carbocycles. The third-order valence-corrected chi connectivity index (χ3v) is 7.83. The van der Waals surface area contributed by atoms with Gasteiger partial charge in [0.1, 0.15) is 16.5 Å². The number of piperazine rings is 1. The molecule has 2 aromatic rings. The SMILES string of the molecule is CC(C)(CCCOc1ccc(F)cc1F)C(=O)N1CCN(S(=O)(=O)c2ccccc2OC(F)(F)F)CC1. The highest BCUT2D eigenvalue weighted by Gasteiger charge is 2.38. The van der Waals surface area contributed by atoms with Crippen molar-refractivity contribution in [3.05, 3.63) is 54.1 Å². The number of ether oxygens (including phenoxy) is 2. The second-order valence-corrected chi connectivity index (χ2v) is 11.0. The number of alkyl halides is 3. The molecule has 0 radical (unpaired) electrons. The molecule has 1 heterocycles. The first-order chi connectivity index (χ1) is 17.2. The van der Waals surface area contributed by atoms with Gasteiger partial charge in [0.25, 0.3) is 0 Å². The molecule has 2 aromatic carbocycles. The first-order valence-electron chi connectivity index (χ1n) is 11.4. The number of carbonyl (C=O) groups excluding carboxylic acids is 1. The second-order valence-electron chi connectivity index (χ2n) is 9.10. The number of amides is 1. The summed E-state index contributed by atoms with van der Waals surface area (Å²) in [6, 6.07) is 7.47. The van der Waals surface area contributed by atoms with Gasteiger partial charge in [-0.1, -0.05) is 26.0 Å². The lowest BCUT2D eigenvalue weighted by atomic mass is 9.86. The standard InChI is InChI=1S/C24H27F5N2O5S/c1-23(2,10-5-15-35-19-9-8-17(25)16-18(19)26)22(32)30-11-13-31(14-12-30)37(33,34)21-7-4-3-6-20(21)36-24(27,28)29/h3-4,6-9,16H,5,10-15H2,1-2H3. The first-order valence-corrected chi connectivity index (χ1v) is 12.9. The van der Waals surface area contributed by atoms with Crippen LogP contribution in [0.25, 0.3) is 0 Å². The Bertz CT molecular complexity index is 1210. The molecule has 1 fully saturated rings. The molecule has 3 rings (SSSR count). The molecule has 1 aliphatic heterocycles. The number of hydrogen-bond acceptors (Lipinski definition) is 5. The molecular formula is C24H27F5N2O5S. The molecule has 7 nitrogen and oxygen atoms in total. The van der Waals surface area contributed by atoms with Gasteiger partial charge in [0.2, 0.25) is 15.9 Å². The van der Waals surface area contributed by atoms with Crippen LogP contribution in [0.2, 0.25) is 0 Å². The largest absolute Gasteiger partial charge is 0.573 e. The first kappa shape index (κ1) is 28.6. The van der Waals surface area contributed by atoms with Gasteiger partial charge in [-0.05, 0) is 37.1 Å². The summed E-state index contributed by atoms with van der Waals surface area (Å²) in [4.78, 5) is 14.0. The van der Waals surface area contributed by atoms with Crippen molar-refractivity contribution in [2.75, 3.05) is 32.8 Å². The fraction of sp³-hybridized carbons (Fsp3) is 0.458. The van der Waals surface area contributed by atoms with Crippen molar-refractivity contribution in [1.82, 2.24) is 9.21 Å². The van der Waals surface area contributed by atoms with Crippen LogP contribution in [0.15, 0.2) is 47.4 Å². The number of benzene rings is 2. The van der Waals surface area contributed by atoms with Crippen LogP contribution in [0, 0.1) is 17.0 Å². The highest BCUT2D eigenvalue weighted by atomic mass is 32.2. The van der Waals surface area contributed by atoms with Crippen molar-refractivity contribution in [3.63, 3.8) is 0 Å². The maximum atomic E-state index is 13.7. The summed E-state index contributed by atoms with van der Waals surface area (Å²) < 4.78 is 101. The summed E-state index contributed by atoms with van der Waals surface area (Å²) in [5.41, 5.74) is -0.834. The Kier molecular flexibility index (Phi) is 8.68. The minimum absolute atomic E-state index is 0.0566.